The quantitative estimate of drug-likeness (QED) is 0.0275. The number of hydrogen-bond donors (Lipinski definition) is 0. The molecule has 7 aromatic rings. The Labute approximate surface area is 451 Å². The van der Waals surface area contributed by atoms with Crippen LogP contribution >= 0.6 is 0 Å². The minimum absolute atomic E-state index is 0.0668. The van der Waals surface area contributed by atoms with Crippen molar-refractivity contribution in [3.63, 3.8) is 0 Å². The molecule has 0 amide bonds. The summed E-state index contributed by atoms with van der Waals surface area (Å²) in [5.41, 5.74) is 17.1. The van der Waals surface area contributed by atoms with Gasteiger partial charge in [0.25, 0.3) is 0 Å². The molecule has 1 aliphatic carbocycles. The Kier molecular flexibility index (Phi) is 20.8. The van der Waals surface area contributed by atoms with Crippen molar-refractivity contribution >= 4 is 0 Å². The first kappa shape index (κ1) is 55.0. The van der Waals surface area contributed by atoms with Crippen molar-refractivity contribution in [2.75, 3.05) is 20.8 Å². The molecule has 11 atom stereocenters. The number of methoxy groups -OCH3 is 2. The van der Waals surface area contributed by atoms with E-state index in [-0.39, 0.29) is 46.2 Å². The van der Waals surface area contributed by atoms with E-state index < -0.39 is 67.3 Å². The molecule has 0 radical (unpaired) electrons. The summed E-state index contributed by atoms with van der Waals surface area (Å²) >= 11 is 0. The van der Waals surface area contributed by atoms with Crippen LogP contribution in [0, 0.1) is 0 Å². The maximum absolute atomic E-state index is 10.5. The molecule has 9 rings (SSSR count). The molecule has 2 fully saturated rings. The highest BCUT2D eigenvalue weighted by atomic mass is 16.7. The van der Waals surface area contributed by atoms with E-state index in [0.717, 1.165) is 38.9 Å². The lowest BCUT2D eigenvalue weighted by Crippen LogP contribution is -2.69. The van der Waals surface area contributed by atoms with E-state index >= 15 is 0 Å². The largest absolute Gasteiger partial charge is 0.497 e. The van der Waals surface area contributed by atoms with E-state index in [1.165, 1.54) is 0 Å². The molecule has 77 heavy (non-hydrogen) atoms. The fraction of sp³-hybridized carbons (Fsp3) is 0.333. The van der Waals surface area contributed by atoms with Crippen LogP contribution in [-0.4, -0.2) is 88.1 Å². The zero-order valence-corrected chi connectivity index (χ0v) is 43.5. The van der Waals surface area contributed by atoms with Crippen molar-refractivity contribution in [3.8, 4) is 5.75 Å². The summed E-state index contributed by atoms with van der Waals surface area (Å²) in [6.45, 7) is 1.50. The minimum atomic E-state index is -1.29. The molecule has 0 unspecified atom stereocenters. The SMILES string of the molecule is COc1ccc(CO[C@@H]2[C@H](OC)[C@H](OCc3ccccc3)[C@@H](OCc3ccccc3)[C@H](OCc3ccccc3)[C@H]2O[C@H]2O[C@H](COCc3ccccc3)[C@@H](OCc3ccccc3)[C@H](OCc3ccccc3)[C@H]2N=[N+]=[N-])cc1. The molecule has 0 N–H and O–H groups in total. The lowest BCUT2D eigenvalue weighted by Gasteiger charge is -2.52. The second kappa shape index (κ2) is 29.1. The maximum atomic E-state index is 10.5. The molecule has 2 aliphatic rings. The third kappa shape index (κ3) is 15.5. The van der Waals surface area contributed by atoms with Gasteiger partial charge in [0.15, 0.2) is 6.29 Å². The Morgan fingerprint density at radius 1 is 0.390 bits per heavy atom. The zero-order valence-electron chi connectivity index (χ0n) is 43.5. The van der Waals surface area contributed by atoms with Crippen molar-refractivity contribution < 1.29 is 52.1 Å². The van der Waals surface area contributed by atoms with E-state index in [1.54, 1.807) is 14.2 Å². The lowest BCUT2D eigenvalue weighted by molar-refractivity contribution is -0.341. The Balaban J connectivity index is 1.14. The summed E-state index contributed by atoms with van der Waals surface area (Å²) in [5, 5.41) is 4.46. The van der Waals surface area contributed by atoms with Crippen molar-refractivity contribution in [3.05, 3.63) is 256 Å². The molecule has 400 valence electrons. The standard InChI is InChI=1S/C63H67N3O11/c1-67-52-35-33-51(34-36-52)43-73-59-57(68-2)58(72-40-48-27-15-6-16-28-48)60(74-41-49-29-17-7-18-30-49)61(75-42-50-31-19-8-20-32-50)62(59)77-63-54(65-66-64)56(71-39-47-25-13-5-14-26-47)55(70-38-46-23-11-4-12-24-46)53(76-63)44-69-37-45-21-9-3-10-22-45/h3-36,53-63H,37-44H2,1-2H3/t53-,54-,55-,56-,57-,58+,59-,60-,61+,62+,63-/m1/s1. The molecule has 0 bridgehead atoms. The molecular weight excluding hydrogens is 975 g/mol. The van der Waals surface area contributed by atoms with Gasteiger partial charge < -0.3 is 52.1 Å². The molecule has 0 spiro atoms. The summed E-state index contributed by atoms with van der Waals surface area (Å²) in [7, 11) is 3.26. The summed E-state index contributed by atoms with van der Waals surface area (Å²) in [6, 6.07) is 65.9. The monoisotopic (exact) mass is 1040 g/mol. The Morgan fingerprint density at radius 3 is 1.12 bits per heavy atom. The normalized spacial score (nSPS) is 24.2. The molecule has 14 heteroatoms. The Hall–Kier alpha value is -6.75. The van der Waals surface area contributed by atoms with Crippen LogP contribution < -0.4 is 4.74 Å². The van der Waals surface area contributed by atoms with Crippen LogP contribution in [0.4, 0.5) is 0 Å². The van der Waals surface area contributed by atoms with Crippen molar-refractivity contribution in [1.82, 2.24) is 0 Å². The average Bonchev–Trinajstić information content (AvgIpc) is 3.55. The molecule has 1 saturated heterocycles. The predicted octanol–water partition coefficient (Wildman–Crippen LogP) is 11.5. The predicted molar refractivity (Wildman–Crippen MR) is 290 cm³/mol. The highest BCUT2D eigenvalue weighted by Gasteiger charge is 2.57. The van der Waals surface area contributed by atoms with E-state index in [2.05, 4.69) is 10.0 Å². The first-order valence-electron chi connectivity index (χ1n) is 26.1. The van der Waals surface area contributed by atoms with Gasteiger partial charge in [-0.15, -0.1) is 0 Å². The fourth-order valence-corrected chi connectivity index (χ4v) is 9.79. The summed E-state index contributed by atoms with van der Waals surface area (Å²) in [6.07, 6.45) is -9.15. The van der Waals surface area contributed by atoms with Gasteiger partial charge in [0, 0.05) is 12.0 Å². The van der Waals surface area contributed by atoms with E-state index in [1.807, 2.05) is 206 Å². The maximum Gasteiger partial charge on any atom is 0.169 e. The van der Waals surface area contributed by atoms with Crippen LogP contribution in [0.2, 0.25) is 0 Å². The van der Waals surface area contributed by atoms with Gasteiger partial charge in [0.05, 0.1) is 60.0 Å². The van der Waals surface area contributed by atoms with Gasteiger partial charge in [0.1, 0.15) is 66.7 Å². The van der Waals surface area contributed by atoms with Crippen LogP contribution in [0.5, 0.6) is 5.75 Å². The average molecular weight is 1040 g/mol. The number of nitrogens with zero attached hydrogens (tertiary/aromatic N) is 3. The van der Waals surface area contributed by atoms with Crippen molar-refractivity contribution in [2.24, 2.45) is 5.11 Å². The van der Waals surface area contributed by atoms with Crippen molar-refractivity contribution in [1.29, 1.82) is 0 Å². The first-order valence-corrected chi connectivity index (χ1v) is 26.1. The molecule has 0 aromatic heterocycles. The highest BCUT2D eigenvalue weighted by Crippen LogP contribution is 2.39. The van der Waals surface area contributed by atoms with Crippen LogP contribution in [0.25, 0.3) is 10.4 Å². The van der Waals surface area contributed by atoms with E-state index in [4.69, 9.17) is 52.1 Å². The van der Waals surface area contributed by atoms with Gasteiger partial charge in [-0.1, -0.05) is 199 Å². The second-order valence-electron chi connectivity index (χ2n) is 19.0. The van der Waals surface area contributed by atoms with Crippen LogP contribution in [-0.2, 0) is 93.6 Å². The second-order valence-corrected chi connectivity index (χ2v) is 19.0. The number of azide groups is 1. The minimum Gasteiger partial charge on any atom is -0.497 e. The van der Waals surface area contributed by atoms with Crippen LogP contribution in [0.3, 0.4) is 0 Å². The lowest BCUT2D eigenvalue weighted by atomic mass is 9.83. The van der Waals surface area contributed by atoms with Gasteiger partial charge in [-0.25, -0.2) is 0 Å². The zero-order chi connectivity index (χ0) is 52.9. The Bertz CT molecular complexity index is 2800. The molecule has 14 nitrogen and oxygen atoms in total. The molecule has 7 aromatic carbocycles. The molecular formula is C63H67N3O11. The van der Waals surface area contributed by atoms with Crippen LogP contribution in [0.15, 0.2) is 211 Å². The molecule has 1 aliphatic heterocycles. The van der Waals surface area contributed by atoms with Gasteiger partial charge in [-0.3, -0.25) is 0 Å². The fourth-order valence-electron chi connectivity index (χ4n) is 9.79. The smallest absolute Gasteiger partial charge is 0.169 e. The van der Waals surface area contributed by atoms with Gasteiger partial charge >= 0.3 is 0 Å². The topological polar surface area (TPSA) is 150 Å². The van der Waals surface area contributed by atoms with Gasteiger partial charge in [-0.05, 0) is 56.6 Å². The molecule has 1 heterocycles. The summed E-state index contributed by atoms with van der Waals surface area (Å²) in [4.78, 5) is 3.42. The third-order valence-electron chi connectivity index (χ3n) is 13.7. The van der Waals surface area contributed by atoms with Gasteiger partial charge in [0.2, 0.25) is 0 Å². The van der Waals surface area contributed by atoms with Gasteiger partial charge in [-0.2, -0.15) is 0 Å². The third-order valence-corrected chi connectivity index (χ3v) is 13.7. The molecule has 1 saturated carbocycles. The van der Waals surface area contributed by atoms with E-state index in [0.29, 0.717) is 12.4 Å². The number of ether oxygens (including phenoxy) is 11. The summed E-state index contributed by atoms with van der Waals surface area (Å²) in [5.74, 6) is 0.709. The van der Waals surface area contributed by atoms with Crippen LogP contribution in [0.1, 0.15) is 38.9 Å². The number of benzene rings is 7. The van der Waals surface area contributed by atoms with Crippen molar-refractivity contribution in [2.45, 2.75) is 114 Å². The highest BCUT2D eigenvalue weighted by molar-refractivity contribution is 5.27. The Morgan fingerprint density at radius 2 is 0.727 bits per heavy atom. The number of hydrogen-bond acceptors (Lipinski definition) is 12. The van der Waals surface area contributed by atoms with E-state index in [9.17, 15) is 5.53 Å². The summed E-state index contributed by atoms with van der Waals surface area (Å²) < 4.78 is 75.3. The number of rotatable bonds is 27. The first-order chi connectivity index (χ1) is 38.1.